The van der Waals surface area contributed by atoms with E-state index in [0.29, 0.717) is 17.3 Å². The Bertz CT molecular complexity index is 1190. The van der Waals surface area contributed by atoms with E-state index in [9.17, 15) is 13.2 Å². The van der Waals surface area contributed by atoms with E-state index in [1.165, 1.54) is 11.1 Å². The Hall–Kier alpha value is -2.29. The van der Waals surface area contributed by atoms with Crippen LogP contribution in [-0.2, 0) is 29.3 Å². The minimum atomic E-state index is -3.29. The van der Waals surface area contributed by atoms with Gasteiger partial charge in [0.05, 0.1) is 6.26 Å². The van der Waals surface area contributed by atoms with Crippen LogP contribution in [0.2, 0.25) is 0 Å². The molecule has 5 rings (SSSR count). The lowest BCUT2D eigenvalue weighted by molar-refractivity contribution is -0.0259. The van der Waals surface area contributed by atoms with Crippen LogP contribution >= 0.6 is 12.4 Å². The molecule has 0 bridgehead atoms. The van der Waals surface area contributed by atoms with Gasteiger partial charge in [-0.1, -0.05) is 6.07 Å². The molecule has 2 aromatic rings. The Labute approximate surface area is 207 Å². The van der Waals surface area contributed by atoms with Crippen LogP contribution in [0.25, 0.3) is 0 Å². The number of fused-ring (bicyclic) bond motifs is 2. The van der Waals surface area contributed by atoms with Gasteiger partial charge in [0.25, 0.3) is 0 Å². The predicted octanol–water partition coefficient (Wildman–Crippen LogP) is 3.30. The quantitative estimate of drug-likeness (QED) is 0.663. The van der Waals surface area contributed by atoms with Gasteiger partial charge >= 0.3 is 0 Å². The molecule has 1 unspecified atom stereocenters. The number of aryl methyl sites for hydroxylation is 2. The van der Waals surface area contributed by atoms with Crippen molar-refractivity contribution in [2.45, 2.75) is 56.6 Å². The number of carbonyl (C=O) groups is 1. The molecule has 3 N–H and O–H groups in total. The Morgan fingerprint density at radius 2 is 1.82 bits per heavy atom. The average Bonchev–Trinajstić information content (AvgIpc) is 2.78. The number of amides is 1. The van der Waals surface area contributed by atoms with Crippen LogP contribution in [0.3, 0.4) is 0 Å². The Morgan fingerprint density at radius 1 is 1.06 bits per heavy atom. The lowest BCUT2D eigenvalue weighted by atomic mass is 9.81. The standard InChI is InChI=1S/C25H31N3O4S.ClH/c1-33(30,31)27-21-5-7-23-19(15-21)8-9-25(32-23)10-12-28(13-11-25)22-6-4-17-14-20(24(26)29)3-2-18(17)16-22;/h2-3,5,7,14-15,22,27H,4,6,8-13,16H2,1H3,(H2,26,29);1H. The summed E-state index contributed by atoms with van der Waals surface area (Å²) in [6, 6.07) is 12.0. The van der Waals surface area contributed by atoms with E-state index in [2.05, 4.69) is 15.7 Å². The topological polar surface area (TPSA) is 102 Å². The maximum absolute atomic E-state index is 11.5. The number of nitrogens with zero attached hydrogens (tertiary/aromatic N) is 1. The van der Waals surface area contributed by atoms with Crippen molar-refractivity contribution in [3.63, 3.8) is 0 Å². The lowest BCUT2D eigenvalue weighted by Crippen LogP contribution is -2.53. The highest BCUT2D eigenvalue weighted by molar-refractivity contribution is 7.92. The number of ether oxygens (including phenoxy) is 1. The number of hydrogen-bond donors (Lipinski definition) is 2. The first-order valence-corrected chi connectivity index (χ1v) is 13.5. The smallest absolute Gasteiger partial charge is 0.248 e. The van der Waals surface area contributed by atoms with E-state index in [1.807, 2.05) is 24.3 Å². The van der Waals surface area contributed by atoms with Crippen LogP contribution in [0, 0.1) is 0 Å². The summed E-state index contributed by atoms with van der Waals surface area (Å²) < 4.78 is 32.1. The third-order valence-corrected chi connectivity index (χ3v) is 8.07. The first-order valence-electron chi connectivity index (χ1n) is 11.7. The van der Waals surface area contributed by atoms with Gasteiger partial charge in [0.2, 0.25) is 15.9 Å². The molecule has 34 heavy (non-hydrogen) atoms. The third-order valence-electron chi connectivity index (χ3n) is 7.46. The van der Waals surface area contributed by atoms with Crippen LogP contribution < -0.4 is 15.2 Å². The van der Waals surface area contributed by atoms with Gasteiger partial charge in [0.1, 0.15) is 11.4 Å². The molecule has 3 aliphatic rings. The summed E-state index contributed by atoms with van der Waals surface area (Å²) in [5, 5.41) is 0. The Balaban J connectivity index is 0.00000274. The van der Waals surface area contributed by atoms with Crippen LogP contribution in [0.1, 0.15) is 52.7 Å². The van der Waals surface area contributed by atoms with Gasteiger partial charge in [0.15, 0.2) is 0 Å². The Kier molecular flexibility index (Phi) is 6.86. The fourth-order valence-corrected chi connectivity index (χ4v) is 6.20. The molecule has 1 saturated heterocycles. The minimum absolute atomic E-state index is 0. The molecule has 7 nitrogen and oxygen atoms in total. The normalized spacial score (nSPS) is 21.5. The number of piperidine rings is 1. The molecule has 0 saturated carbocycles. The van der Waals surface area contributed by atoms with E-state index < -0.39 is 10.0 Å². The maximum atomic E-state index is 11.5. The van der Waals surface area contributed by atoms with Crippen molar-refractivity contribution >= 4 is 34.0 Å². The minimum Gasteiger partial charge on any atom is -0.487 e. The number of nitrogens with one attached hydrogen (secondary N) is 1. The second-order valence-electron chi connectivity index (χ2n) is 9.76. The van der Waals surface area contributed by atoms with E-state index in [1.54, 1.807) is 6.07 Å². The molecule has 9 heteroatoms. The highest BCUT2D eigenvalue weighted by Gasteiger charge is 2.41. The largest absolute Gasteiger partial charge is 0.487 e. The van der Waals surface area contributed by atoms with E-state index in [4.69, 9.17) is 10.5 Å². The van der Waals surface area contributed by atoms with E-state index in [-0.39, 0.29) is 23.9 Å². The van der Waals surface area contributed by atoms with Gasteiger partial charge in [0, 0.05) is 30.4 Å². The van der Waals surface area contributed by atoms with Crippen molar-refractivity contribution in [3.8, 4) is 5.75 Å². The Morgan fingerprint density at radius 3 is 2.53 bits per heavy atom. The zero-order valence-corrected chi connectivity index (χ0v) is 21.0. The van der Waals surface area contributed by atoms with Gasteiger partial charge in [-0.2, -0.15) is 0 Å². The van der Waals surface area contributed by atoms with Crippen molar-refractivity contribution in [2.24, 2.45) is 5.73 Å². The molecule has 0 radical (unpaired) electrons. The van der Waals surface area contributed by atoms with Crippen LogP contribution in [0.5, 0.6) is 5.75 Å². The number of halogens is 1. The predicted molar refractivity (Wildman–Crippen MR) is 135 cm³/mol. The molecule has 0 aromatic heterocycles. The molecule has 2 heterocycles. The summed E-state index contributed by atoms with van der Waals surface area (Å²) >= 11 is 0. The lowest BCUT2D eigenvalue weighted by Gasteiger charge is -2.47. The molecule has 1 amide bonds. The van der Waals surface area contributed by atoms with Crippen molar-refractivity contribution in [1.82, 2.24) is 4.90 Å². The number of benzene rings is 2. The third kappa shape index (κ3) is 5.19. The number of sulfonamides is 1. The van der Waals surface area contributed by atoms with Gasteiger partial charge in [-0.25, -0.2) is 8.42 Å². The van der Waals surface area contributed by atoms with Crippen molar-refractivity contribution in [2.75, 3.05) is 24.1 Å². The number of carbonyl (C=O) groups excluding carboxylic acids is 1. The number of nitrogens with two attached hydrogens (primary N) is 1. The summed E-state index contributed by atoms with van der Waals surface area (Å²) in [6.07, 6.45) is 8.11. The second kappa shape index (κ2) is 9.40. The second-order valence-corrected chi connectivity index (χ2v) is 11.5. The highest BCUT2D eigenvalue weighted by Crippen LogP contribution is 2.41. The first kappa shape index (κ1) is 24.8. The monoisotopic (exact) mass is 505 g/mol. The van der Waals surface area contributed by atoms with Crippen molar-refractivity contribution < 1.29 is 17.9 Å². The average molecular weight is 506 g/mol. The zero-order chi connectivity index (χ0) is 23.2. The van der Waals surface area contributed by atoms with Gasteiger partial charge < -0.3 is 10.5 Å². The molecule has 1 fully saturated rings. The summed E-state index contributed by atoms with van der Waals surface area (Å²) in [5.41, 5.74) is 10.1. The van der Waals surface area contributed by atoms with Crippen LogP contribution in [0.4, 0.5) is 5.69 Å². The molecular formula is C25H32ClN3O4S. The number of hydrogen-bond acceptors (Lipinski definition) is 5. The fraction of sp³-hybridized carbons (Fsp3) is 0.480. The number of anilines is 1. The summed E-state index contributed by atoms with van der Waals surface area (Å²) in [5.74, 6) is 0.517. The molecule has 1 spiro atoms. The summed E-state index contributed by atoms with van der Waals surface area (Å²) in [4.78, 5) is 14.1. The molecule has 184 valence electrons. The molecule has 2 aliphatic heterocycles. The van der Waals surface area contributed by atoms with Crippen LogP contribution in [0.15, 0.2) is 36.4 Å². The summed E-state index contributed by atoms with van der Waals surface area (Å²) in [6.45, 7) is 2.03. The molecule has 2 aromatic carbocycles. The zero-order valence-electron chi connectivity index (χ0n) is 19.4. The molecule has 1 aliphatic carbocycles. The van der Waals surface area contributed by atoms with Crippen LogP contribution in [-0.4, -0.2) is 50.2 Å². The number of likely N-dealkylation sites (tertiary alicyclic amines) is 1. The van der Waals surface area contributed by atoms with Gasteiger partial charge in [-0.3, -0.25) is 14.4 Å². The molecule has 1 atom stereocenters. The fourth-order valence-electron chi connectivity index (χ4n) is 5.65. The van der Waals surface area contributed by atoms with Crippen molar-refractivity contribution in [3.05, 3.63) is 58.7 Å². The van der Waals surface area contributed by atoms with E-state index in [0.717, 1.165) is 75.6 Å². The SMILES string of the molecule is CS(=O)(=O)Nc1ccc2c(c1)CCC1(CCN(C3CCc4cc(C(N)=O)ccc4C3)CC1)O2.Cl. The molecular weight excluding hydrogens is 474 g/mol. The number of rotatable bonds is 4. The van der Waals surface area contributed by atoms with Gasteiger partial charge in [-0.15, -0.1) is 12.4 Å². The van der Waals surface area contributed by atoms with Crippen molar-refractivity contribution in [1.29, 1.82) is 0 Å². The first-order chi connectivity index (χ1) is 15.7. The maximum Gasteiger partial charge on any atom is 0.248 e. The number of primary amides is 1. The summed E-state index contributed by atoms with van der Waals surface area (Å²) in [7, 11) is -3.29. The van der Waals surface area contributed by atoms with E-state index >= 15 is 0 Å². The van der Waals surface area contributed by atoms with Gasteiger partial charge in [-0.05, 0) is 92.0 Å². The highest BCUT2D eigenvalue weighted by atomic mass is 35.5.